The molecule has 0 amide bonds. The van der Waals surface area contributed by atoms with Crippen molar-refractivity contribution in [1.29, 1.82) is 0 Å². The average Bonchev–Trinajstić information content (AvgIpc) is 3.16. The molecule has 1 aliphatic heterocycles. The number of sulfonamides is 1. The predicted octanol–water partition coefficient (Wildman–Crippen LogP) is 1.54. The molecule has 1 atom stereocenters. The Morgan fingerprint density at radius 1 is 1.39 bits per heavy atom. The molecule has 0 N–H and O–H groups in total. The molecule has 8 heteroatoms. The van der Waals surface area contributed by atoms with Crippen LogP contribution in [0.25, 0.3) is 0 Å². The van der Waals surface area contributed by atoms with Gasteiger partial charge in [-0.15, -0.1) is 0 Å². The van der Waals surface area contributed by atoms with Gasteiger partial charge in [-0.25, -0.2) is 18.4 Å². The molecule has 1 unspecified atom stereocenters. The number of rotatable bonds is 5. The third-order valence-corrected chi connectivity index (χ3v) is 6.11. The monoisotopic (exact) mass is 337 g/mol. The zero-order chi connectivity index (χ0) is 16.6. The molecule has 0 bridgehead atoms. The van der Waals surface area contributed by atoms with Crippen molar-refractivity contribution in [2.24, 2.45) is 5.92 Å². The summed E-state index contributed by atoms with van der Waals surface area (Å²) in [7, 11) is -1.91. The molecule has 0 saturated heterocycles. The zero-order valence-electron chi connectivity index (χ0n) is 13.8. The van der Waals surface area contributed by atoms with Crippen LogP contribution in [0.4, 0.5) is 0 Å². The van der Waals surface area contributed by atoms with Crippen LogP contribution in [0.3, 0.4) is 0 Å². The van der Waals surface area contributed by atoms with Gasteiger partial charge in [-0.2, -0.15) is 4.31 Å². The van der Waals surface area contributed by atoms with Crippen LogP contribution in [0.15, 0.2) is 29.9 Å². The van der Waals surface area contributed by atoms with E-state index in [1.54, 1.807) is 30.3 Å². The van der Waals surface area contributed by atoms with E-state index >= 15 is 0 Å². The smallest absolute Gasteiger partial charge is 0.261 e. The number of nitrogens with zero attached hydrogens (tertiary/aromatic N) is 5. The first kappa shape index (κ1) is 16.2. The summed E-state index contributed by atoms with van der Waals surface area (Å²) < 4.78 is 30.7. The van der Waals surface area contributed by atoms with E-state index in [1.807, 2.05) is 20.0 Å². The lowest BCUT2D eigenvalue weighted by Gasteiger charge is -2.27. The Bertz CT molecular complexity index is 777. The molecule has 2 aromatic rings. The Hall–Kier alpha value is -1.67. The SMILES string of the molecule is CC(C)n1cnc(S(=O)(=O)N(C)CC2CCc3nccn3C2)c1. The highest BCUT2D eigenvalue weighted by Gasteiger charge is 2.28. The van der Waals surface area contributed by atoms with Crippen LogP contribution in [-0.4, -0.2) is 45.4 Å². The number of hydrogen-bond acceptors (Lipinski definition) is 4. The standard InChI is InChI=1S/C15H23N5O2S/c1-12(2)20-10-15(17-11-20)23(21,22)18(3)8-13-4-5-14-16-6-7-19(14)9-13/h6-7,10-13H,4-5,8-9H2,1-3H3. The molecule has 3 rings (SSSR count). The van der Waals surface area contributed by atoms with E-state index in [1.165, 1.54) is 4.31 Å². The zero-order valence-corrected chi connectivity index (χ0v) is 14.6. The van der Waals surface area contributed by atoms with E-state index in [2.05, 4.69) is 14.5 Å². The maximum atomic E-state index is 12.7. The quantitative estimate of drug-likeness (QED) is 0.830. The van der Waals surface area contributed by atoms with Crippen molar-refractivity contribution < 1.29 is 8.42 Å². The van der Waals surface area contributed by atoms with Gasteiger partial charge in [0.2, 0.25) is 0 Å². The van der Waals surface area contributed by atoms with Crippen LogP contribution in [0.5, 0.6) is 0 Å². The lowest BCUT2D eigenvalue weighted by Crippen LogP contribution is -2.35. The van der Waals surface area contributed by atoms with Gasteiger partial charge >= 0.3 is 0 Å². The topological polar surface area (TPSA) is 73.0 Å². The molecule has 0 aliphatic carbocycles. The van der Waals surface area contributed by atoms with Gasteiger partial charge in [0.15, 0.2) is 5.03 Å². The minimum Gasteiger partial charge on any atom is -0.335 e. The maximum Gasteiger partial charge on any atom is 0.261 e. The van der Waals surface area contributed by atoms with Gasteiger partial charge in [0, 0.05) is 51.2 Å². The van der Waals surface area contributed by atoms with Crippen molar-refractivity contribution in [3.63, 3.8) is 0 Å². The molecule has 0 aromatic carbocycles. The van der Waals surface area contributed by atoms with Crippen molar-refractivity contribution in [1.82, 2.24) is 23.4 Å². The highest BCUT2D eigenvalue weighted by molar-refractivity contribution is 7.89. The Balaban J connectivity index is 1.70. The minimum atomic E-state index is -3.54. The summed E-state index contributed by atoms with van der Waals surface area (Å²) in [5.41, 5.74) is 0. The van der Waals surface area contributed by atoms with Gasteiger partial charge in [0.1, 0.15) is 5.82 Å². The number of aromatic nitrogens is 4. The Morgan fingerprint density at radius 3 is 2.87 bits per heavy atom. The number of hydrogen-bond donors (Lipinski definition) is 0. The largest absolute Gasteiger partial charge is 0.335 e. The summed E-state index contributed by atoms with van der Waals surface area (Å²) in [4.78, 5) is 8.37. The first-order valence-corrected chi connectivity index (χ1v) is 9.31. The second-order valence-electron chi connectivity index (χ2n) is 6.44. The van der Waals surface area contributed by atoms with E-state index in [4.69, 9.17) is 0 Å². The van der Waals surface area contributed by atoms with Crippen LogP contribution >= 0.6 is 0 Å². The molecule has 7 nitrogen and oxygen atoms in total. The van der Waals surface area contributed by atoms with Crippen molar-refractivity contribution >= 4 is 10.0 Å². The molecular weight excluding hydrogens is 314 g/mol. The van der Waals surface area contributed by atoms with Crippen LogP contribution in [-0.2, 0) is 23.0 Å². The molecule has 23 heavy (non-hydrogen) atoms. The fraction of sp³-hybridized carbons (Fsp3) is 0.600. The van der Waals surface area contributed by atoms with Crippen LogP contribution in [0, 0.1) is 5.92 Å². The summed E-state index contributed by atoms with van der Waals surface area (Å²) >= 11 is 0. The second-order valence-corrected chi connectivity index (χ2v) is 8.43. The van der Waals surface area contributed by atoms with Gasteiger partial charge < -0.3 is 9.13 Å². The van der Waals surface area contributed by atoms with Crippen LogP contribution < -0.4 is 0 Å². The number of fused-ring (bicyclic) bond motifs is 1. The summed E-state index contributed by atoms with van der Waals surface area (Å²) in [5, 5.41) is 0.118. The molecular formula is C15H23N5O2S. The fourth-order valence-electron chi connectivity index (χ4n) is 2.94. The van der Waals surface area contributed by atoms with Crippen LogP contribution in [0.1, 0.15) is 32.1 Å². The summed E-state index contributed by atoms with van der Waals surface area (Å²) in [6.45, 7) is 5.29. The van der Waals surface area contributed by atoms with Crippen LogP contribution in [0.2, 0.25) is 0 Å². The molecule has 0 fully saturated rings. The van der Waals surface area contributed by atoms with E-state index in [9.17, 15) is 8.42 Å². The van der Waals surface area contributed by atoms with E-state index in [0.29, 0.717) is 12.5 Å². The Labute approximate surface area is 137 Å². The first-order chi connectivity index (χ1) is 10.9. The fourth-order valence-corrected chi connectivity index (χ4v) is 4.10. The Kier molecular flexibility index (Phi) is 4.29. The summed E-state index contributed by atoms with van der Waals surface area (Å²) in [6, 6.07) is 0.190. The highest BCUT2D eigenvalue weighted by Crippen LogP contribution is 2.22. The first-order valence-electron chi connectivity index (χ1n) is 7.87. The lowest BCUT2D eigenvalue weighted by atomic mass is 10.00. The highest BCUT2D eigenvalue weighted by atomic mass is 32.2. The predicted molar refractivity (Wildman–Crippen MR) is 86.5 cm³/mol. The molecule has 0 radical (unpaired) electrons. The average molecular weight is 337 g/mol. The van der Waals surface area contributed by atoms with Crippen molar-refractivity contribution in [2.75, 3.05) is 13.6 Å². The van der Waals surface area contributed by atoms with Gasteiger partial charge in [-0.05, 0) is 26.2 Å². The number of aryl methyl sites for hydroxylation is 1. The molecule has 2 aromatic heterocycles. The minimum absolute atomic E-state index is 0.118. The number of imidazole rings is 2. The maximum absolute atomic E-state index is 12.7. The van der Waals surface area contributed by atoms with E-state index in [-0.39, 0.29) is 11.1 Å². The van der Waals surface area contributed by atoms with Gasteiger partial charge in [-0.3, -0.25) is 0 Å². The third kappa shape index (κ3) is 3.18. The van der Waals surface area contributed by atoms with Gasteiger partial charge in [0.05, 0.1) is 6.33 Å². The molecule has 3 heterocycles. The molecule has 126 valence electrons. The Morgan fingerprint density at radius 2 is 2.17 bits per heavy atom. The second kappa shape index (κ2) is 6.09. The molecule has 0 spiro atoms. The normalized spacial score (nSPS) is 18.6. The van der Waals surface area contributed by atoms with Gasteiger partial charge in [-0.1, -0.05) is 0 Å². The van der Waals surface area contributed by atoms with E-state index in [0.717, 1.165) is 25.2 Å². The van der Waals surface area contributed by atoms with Crippen molar-refractivity contribution in [2.45, 2.75) is 44.3 Å². The third-order valence-electron chi connectivity index (χ3n) is 4.40. The summed E-state index contributed by atoms with van der Waals surface area (Å²) in [6.07, 6.45) is 8.79. The summed E-state index contributed by atoms with van der Waals surface area (Å²) in [5.74, 6) is 1.38. The molecule has 1 aliphatic rings. The lowest BCUT2D eigenvalue weighted by molar-refractivity contribution is 0.303. The molecule has 0 saturated carbocycles. The van der Waals surface area contributed by atoms with Crippen molar-refractivity contribution in [3.05, 3.63) is 30.7 Å². The van der Waals surface area contributed by atoms with Gasteiger partial charge in [0.25, 0.3) is 10.0 Å². The van der Waals surface area contributed by atoms with E-state index < -0.39 is 10.0 Å². The van der Waals surface area contributed by atoms with Crippen molar-refractivity contribution in [3.8, 4) is 0 Å².